The molecule has 102 valence electrons. The van der Waals surface area contributed by atoms with Crippen LogP contribution in [0.4, 0.5) is 5.69 Å². The van der Waals surface area contributed by atoms with Crippen LogP contribution in [-0.4, -0.2) is 11.5 Å². The maximum atomic E-state index is 9.21. The molecule has 1 aromatic heterocycles. The third-order valence-electron chi connectivity index (χ3n) is 3.18. The summed E-state index contributed by atoms with van der Waals surface area (Å²) in [6.07, 6.45) is 0. The summed E-state index contributed by atoms with van der Waals surface area (Å²) < 4.78 is 0. The fourth-order valence-electron chi connectivity index (χ4n) is 2.15. The minimum absolute atomic E-state index is 0.114. The molecule has 3 N–H and O–H groups in total. The molecule has 0 aliphatic heterocycles. The van der Waals surface area contributed by atoms with Crippen molar-refractivity contribution >= 4 is 5.69 Å². The molecule has 0 radical (unpaired) electrons. The number of benzene rings is 1. The smallest absolute Gasteiger partial charge is 0.103 e. The topological polar surface area (TPSA) is 74.7 Å². The van der Waals surface area contributed by atoms with Crippen molar-refractivity contribution in [2.24, 2.45) is 5.73 Å². The molecule has 1 unspecified atom stereocenters. The third-order valence-corrected chi connectivity index (χ3v) is 3.18. The van der Waals surface area contributed by atoms with Gasteiger partial charge in [-0.3, -0.25) is 4.98 Å². The Hall–Kier alpha value is -2.38. The quantitative estimate of drug-likeness (QED) is 0.892. The Labute approximate surface area is 119 Å². The SMILES string of the molecule is Cc1cc(NCC(N)c2ccccc2)c(C#N)c(C)n1. The summed E-state index contributed by atoms with van der Waals surface area (Å²) in [6.45, 7) is 4.33. The number of hydrogen-bond donors (Lipinski definition) is 2. The lowest BCUT2D eigenvalue weighted by Gasteiger charge is -2.16. The van der Waals surface area contributed by atoms with Gasteiger partial charge in [-0.1, -0.05) is 30.3 Å². The van der Waals surface area contributed by atoms with Crippen LogP contribution in [0.2, 0.25) is 0 Å². The van der Waals surface area contributed by atoms with E-state index in [1.54, 1.807) is 0 Å². The number of nitrogens with zero attached hydrogens (tertiary/aromatic N) is 2. The van der Waals surface area contributed by atoms with E-state index in [9.17, 15) is 5.26 Å². The van der Waals surface area contributed by atoms with E-state index in [4.69, 9.17) is 5.73 Å². The first-order valence-electron chi connectivity index (χ1n) is 6.54. The molecule has 2 rings (SSSR count). The Morgan fingerprint density at radius 3 is 2.65 bits per heavy atom. The number of nitriles is 1. The number of nitrogens with two attached hydrogens (primary N) is 1. The number of nitrogens with one attached hydrogen (secondary N) is 1. The summed E-state index contributed by atoms with van der Waals surface area (Å²) in [7, 11) is 0. The van der Waals surface area contributed by atoms with E-state index in [1.165, 1.54) is 0 Å². The maximum Gasteiger partial charge on any atom is 0.103 e. The van der Waals surface area contributed by atoms with E-state index in [1.807, 2.05) is 50.2 Å². The molecule has 0 saturated carbocycles. The van der Waals surface area contributed by atoms with Crippen LogP contribution in [0.3, 0.4) is 0 Å². The Morgan fingerprint density at radius 1 is 1.30 bits per heavy atom. The monoisotopic (exact) mass is 266 g/mol. The van der Waals surface area contributed by atoms with Gasteiger partial charge < -0.3 is 11.1 Å². The molecular weight excluding hydrogens is 248 g/mol. The van der Waals surface area contributed by atoms with Gasteiger partial charge in [-0.25, -0.2) is 0 Å². The van der Waals surface area contributed by atoms with Crippen molar-refractivity contribution in [3.63, 3.8) is 0 Å². The number of pyridine rings is 1. The Balaban J connectivity index is 2.14. The summed E-state index contributed by atoms with van der Waals surface area (Å²) in [5.74, 6) is 0. The summed E-state index contributed by atoms with van der Waals surface area (Å²) in [4.78, 5) is 4.30. The Bertz CT molecular complexity index is 629. The van der Waals surface area contributed by atoms with Crippen LogP contribution in [0.1, 0.15) is 28.6 Å². The number of aryl methyl sites for hydroxylation is 2. The van der Waals surface area contributed by atoms with Gasteiger partial charge in [0.2, 0.25) is 0 Å². The minimum Gasteiger partial charge on any atom is -0.382 e. The molecule has 4 nitrogen and oxygen atoms in total. The standard InChI is InChI=1S/C16H18N4/c1-11-8-16(14(9-17)12(2)20-11)19-10-15(18)13-6-4-3-5-7-13/h3-8,15H,10,18H2,1-2H3,(H,19,20). The van der Waals surface area contributed by atoms with Gasteiger partial charge in [-0.15, -0.1) is 0 Å². The number of hydrogen-bond acceptors (Lipinski definition) is 4. The van der Waals surface area contributed by atoms with Crippen LogP contribution >= 0.6 is 0 Å². The first-order chi connectivity index (χ1) is 9.61. The molecule has 0 bridgehead atoms. The lowest BCUT2D eigenvalue weighted by atomic mass is 10.1. The van der Waals surface area contributed by atoms with Gasteiger partial charge in [0.25, 0.3) is 0 Å². The predicted octanol–water partition coefficient (Wildman–Crippen LogP) is 2.68. The summed E-state index contributed by atoms with van der Waals surface area (Å²) in [5, 5.41) is 12.5. The summed E-state index contributed by atoms with van der Waals surface area (Å²) >= 11 is 0. The first kappa shape index (κ1) is 14.0. The first-order valence-corrected chi connectivity index (χ1v) is 6.54. The molecule has 1 atom stereocenters. The van der Waals surface area contributed by atoms with E-state index < -0.39 is 0 Å². The zero-order chi connectivity index (χ0) is 14.5. The summed E-state index contributed by atoms with van der Waals surface area (Å²) in [6, 6.07) is 13.9. The Kier molecular flexibility index (Phi) is 4.34. The molecule has 0 amide bonds. The second-order valence-corrected chi connectivity index (χ2v) is 4.78. The van der Waals surface area contributed by atoms with Crippen LogP contribution in [-0.2, 0) is 0 Å². The van der Waals surface area contributed by atoms with Gasteiger partial charge >= 0.3 is 0 Å². The molecule has 1 aromatic carbocycles. The molecule has 4 heteroatoms. The highest BCUT2D eigenvalue weighted by molar-refractivity contribution is 5.60. The number of rotatable bonds is 4. The average Bonchev–Trinajstić information content (AvgIpc) is 2.45. The van der Waals surface area contributed by atoms with Crippen LogP contribution in [0.15, 0.2) is 36.4 Å². The molecular formula is C16H18N4. The van der Waals surface area contributed by atoms with Crippen molar-refractivity contribution in [1.82, 2.24) is 4.98 Å². The van der Waals surface area contributed by atoms with Gasteiger partial charge in [0.05, 0.1) is 16.9 Å². The van der Waals surface area contributed by atoms with Gasteiger partial charge in [-0.05, 0) is 25.5 Å². The van der Waals surface area contributed by atoms with E-state index in [-0.39, 0.29) is 6.04 Å². The molecule has 0 aliphatic rings. The fourth-order valence-corrected chi connectivity index (χ4v) is 2.15. The van der Waals surface area contributed by atoms with E-state index in [0.29, 0.717) is 12.1 Å². The van der Waals surface area contributed by atoms with Crippen molar-refractivity contribution in [3.05, 3.63) is 58.9 Å². The van der Waals surface area contributed by atoms with Crippen molar-refractivity contribution < 1.29 is 0 Å². The lowest BCUT2D eigenvalue weighted by Crippen LogP contribution is -2.21. The highest BCUT2D eigenvalue weighted by Crippen LogP contribution is 2.20. The van der Waals surface area contributed by atoms with Gasteiger partial charge in [0, 0.05) is 18.3 Å². The summed E-state index contributed by atoms with van der Waals surface area (Å²) in [5.41, 5.74) is 10.2. The zero-order valence-corrected chi connectivity index (χ0v) is 11.7. The molecule has 0 spiro atoms. The highest BCUT2D eigenvalue weighted by atomic mass is 14.9. The number of anilines is 1. The van der Waals surface area contributed by atoms with Crippen molar-refractivity contribution in [1.29, 1.82) is 5.26 Å². The maximum absolute atomic E-state index is 9.21. The molecule has 0 aliphatic carbocycles. The molecule has 2 aromatic rings. The van der Waals surface area contributed by atoms with Crippen molar-refractivity contribution in [2.75, 3.05) is 11.9 Å². The van der Waals surface area contributed by atoms with Crippen molar-refractivity contribution in [2.45, 2.75) is 19.9 Å². The molecule has 1 heterocycles. The van der Waals surface area contributed by atoms with Gasteiger partial charge in [0.1, 0.15) is 6.07 Å². The second-order valence-electron chi connectivity index (χ2n) is 4.78. The van der Waals surface area contributed by atoms with E-state index in [2.05, 4.69) is 16.4 Å². The van der Waals surface area contributed by atoms with E-state index in [0.717, 1.165) is 22.6 Å². The van der Waals surface area contributed by atoms with Crippen LogP contribution in [0.5, 0.6) is 0 Å². The van der Waals surface area contributed by atoms with Crippen LogP contribution in [0.25, 0.3) is 0 Å². The van der Waals surface area contributed by atoms with Crippen molar-refractivity contribution in [3.8, 4) is 6.07 Å². The molecule has 0 fully saturated rings. The molecule has 20 heavy (non-hydrogen) atoms. The van der Waals surface area contributed by atoms with Crippen LogP contribution < -0.4 is 11.1 Å². The predicted molar refractivity (Wildman–Crippen MR) is 80.3 cm³/mol. The normalized spacial score (nSPS) is 11.7. The van der Waals surface area contributed by atoms with E-state index >= 15 is 0 Å². The van der Waals surface area contributed by atoms with Gasteiger partial charge in [-0.2, -0.15) is 5.26 Å². The zero-order valence-electron chi connectivity index (χ0n) is 11.7. The largest absolute Gasteiger partial charge is 0.382 e. The third kappa shape index (κ3) is 3.14. The fraction of sp³-hybridized carbons (Fsp3) is 0.250. The highest BCUT2D eigenvalue weighted by Gasteiger charge is 2.10. The lowest BCUT2D eigenvalue weighted by molar-refractivity contribution is 0.764. The Morgan fingerprint density at radius 2 is 2.00 bits per heavy atom. The molecule has 0 saturated heterocycles. The van der Waals surface area contributed by atoms with Gasteiger partial charge in [0.15, 0.2) is 0 Å². The average molecular weight is 266 g/mol. The second kappa shape index (κ2) is 6.18. The number of aromatic nitrogens is 1. The minimum atomic E-state index is -0.114. The van der Waals surface area contributed by atoms with Crippen LogP contribution in [0, 0.1) is 25.2 Å².